The van der Waals surface area contributed by atoms with Gasteiger partial charge in [-0.05, 0) is 48.3 Å². The molecule has 2 aliphatic carbocycles. The fourth-order valence-corrected chi connectivity index (χ4v) is 5.51. The highest BCUT2D eigenvalue weighted by molar-refractivity contribution is 7.84. The summed E-state index contributed by atoms with van der Waals surface area (Å²) in [6, 6.07) is 2.30. The summed E-state index contributed by atoms with van der Waals surface area (Å²) in [7, 11) is 0. The summed E-state index contributed by atoms with van der Waals surface area (Å²) in [5.74, 6) is 0. The van der Waals surface area contributed by atoms with Crippen molar-refractivity contribution in [1.82, 2.24) is 0 Å². The fourth-order valence-electron chi connectivity index (χ4n) is 3.21. The van der Waals surface area contributed by atoms with Crippen LogP contribution >= 0.6 is 11.3 Å². The van der Waals surface area contributed by atoms with E-state index >= 15 is 0 Å². The molecule has 0 atom stereocenters. The van der Waals surface area contributed by atoms with Gasteiger partial charge in [0.1, 0.15) is 0 Å². The molecule has 0 saturated heterocycles. The highest BCUT2D eigenvalue weighted by atomic mass is 32.1. The highest BCUT2D eigenvalue weighted by Gasteiger charge is 2.38. The Labute approximate surface area is 121 Å². The number of rotatable bonds is 1. The molecule has 0 radical (unpaired) electrons. The summed E-state index contributed by atoms with van der Waals surface area (Å²) in [4.78, 5) is 4.46. The van der Waals surface area contributed by atoms with Gasteiger partial charge in [0, 0.05) is 28.2 Å². The lowest BCUT2D eigenvalue weighted by Crippen LogP contribution is -1.97. The standard InChI is InChI=1S/C17H15S2/c1-2-3-13-10-12-5-7-15(17(12)19-13)14-6-4-11-8-9-18-16(11)14/h2-3,8-10H,1,4-7H2/q+1/b13-3+. The van der Waals surface area contributed by atoms with Crippen LogP contribution in [0.3, 0.4) is 0 Å². The lowest BCUT2D eigenvalue weighted by molar-refractivity contribution is 1.03. The molecule has 1 aromatic rings. The maximum absolute atomic E-state index is 3.80. The molecule has 0 nitrogen and oxygen atoms in total. The molecule has 2 heterocycles. The molecule has 0 amide bonds. The van der Waals surface area contributed by atoms with Gasteiger partial charge in [-0.25, -0.2) is 0 Å². The van der Waals surface area contributed by atoms with E-state index < -0.39 is 0 Å². The third-order valence-corrected chi connectivity index (χ3v) is 6.28. The maximum atomic E-state index is 3.80. The molecular weight excluding hydrogens is 268 g/mol. The zero-order valence-corrected chi connectivity index (χ0v) is 12.4. The Balaban J connectivity index is 1.83. The minimum absolute atomic E-state index is 1.22. The molecule has 19 heavy (non-hydrogen) atoms. The van der Waals surface area contributed by atoms with Crippen LogP contribution in [0.4, 0.5) is 0 Å². The van der Waals surface area contributed by atoms with E-state index in [2.05, 4.69) is 30.2 Å². The van der Waals surface area contributed by atoms with Crippen LogP contribution in [-0.2, 0) is 17.8 Å². The Hall–Kier alpha value is -1.25. The summed E-state index contributed by atoms with van der Waals surface area (Å²) in [6.45, 7) is 3.80. The minimum Gasteiger partial charge on any atom is -0.144 e. The van der Waals surface area contributed by atoms with Crippen molar-refractivity contribution in [2.45, 2.75) is 25.7 Å². The monoisotopic (exact) mass is 283 g/mol. The van der Waals surface area contributed by atoms with Crippen molar-refractivity contribution < 1.29 is 0 Å². The normalized spacial score (nSPS) is 26.4. The first-order valence-electron chi connectivity index (χ1n) is 6.74. The van der Waals surface area contributed by atoms with E-state index in [9.17, 15) is 0 Å². The molecule has 1 saturated carbocycles. The first-order valence-corrected chi connectivity index (χ1v) is 8.44. The van der Waals surface area contributed by atoms with Gasteiger partial charge < -0.3 is 0 Å². The molecule has 1 fully saturated rings. The third-order valence-electron chi connectivity index (χ3n) is 4.06. The second kappa shape index (κ2) is 4.39. The van der Waals surface area contributed by atoms with Crippen LogP contribution < -0.4 is 0 Å². The zero-order valence-electron chi connectivity index (χ0n) is 10.7. The molecule has 94 valence electrons. The van der Waals surface area contributed by atoms with Gasteiger partial charge in [-0.3, -0.25) is 0 Å². The summed E-state index contributed by atoms with van der Waals surface area (Å²) < 4.78 is 0. The van der Waals surface area contributed by atoms with Crippen molar-refractivity contribution >= 4 is 33.1 Å². The van der Waals surface area contributed by atoms with Crippen molar-refractivity contribution in [2.75, 3.05) is 0 Å². The molecule has 1 aromatic heterocycles. The van der Waals surface area contributed by atoms with Gasteiger partial charge >= 0.3 is 0 Å². The number of aryl methyl sites for hydroxylation is 1. The molecule has 0 aromatic carbocycles. The van der Waals surface area contributed by atoms with Gasteiger partial charge in [0.2, 0.25) is 21.1 Å². The number of hydrogen-bond donors (Lipinski definition) is 0. The Kier molecular flexibility index (Phi) is 2.68. The maximum Gasteiger partial charge on any atom is 0.238 e. The number of hydrogen-bond acceptors (Lipinski definition) is 1. The first-order chi connectivity index (χ1) is 9.36. The van der Waals surface area contributed by atoms with Crippen LogP contribution in [0.1, 0.15) is 29.7 Å². The van der Waals surface area contributed by atoms with E-state index in [1.807, 2.05) is 28.8 Å². The molecule has 3 aliphatic rings. The molecule has 2 heteroatoms. The van der Waals surface area contributed by atoms with Gasteiger partial charge in [0.05, 0.1) is 0 Å². The number of thiophene rings is 1. The van der Waals surface area contributed by atoms with E-state index in [1.165, 1.54) is 30.6 Å². The Bertz CT molecular complexity index is 693. The van der Waals surface area contributed by atoms with Gasteiger partial charge in [-0.15, -0.1) is 11.3 Å². The number of fused-ring (bicyclic) bond motifs is 2. The lowest BCUT2D eigenvalue weighted by Gasteiger charge is -2.00. The van der Waals surface area contributed by atoms with Crippen molar-refractivity contribution in [3.05, 3.63) is 62.7 Å². The van der Waals surface area contributed by atoms with E-state index in [4.69, 9.17) is 0 Å². The predicted octanol–water partition coefficient (Wildman–Crippen LogP) is 4.51. The van der Waals surface area contributed by atoms with Gasteiger partial charge in [0.25, 0.3) is 0 Å². The van der Waals surface area contributed by atoms with Crippen LogP contribution in [0.5, 0.6) is 0 Å². The Morgan fingerprint density at radius 1 is 1.16 bits per heavy atom. The fraction of sp³-hybridized carbons (Fsp3) is 0.235. The molecule has 0 bridgehead atoms. The number of allylic oxidation sites excluding steroid dienone is 6. The Morgan fingerprint density at radius 2 is 2.05 bits per heavy atom. The molecule has 0 unspecified atom stereocenters. The van der Waals surface area contributed by atoms with Gasteiger partial charge in [-0.1, -0.05) is 12.7 Å². The zero-order chi connectivity index (χ0) is 12.8. The second-order valence-corrected chi connectivity index (χ2v) is 7.14. The van der Waals surface area contributed by atoms with Crippen LogP contribution in [-0.4, -0.2) is 4.86 Å². The van der Waals surface area contributed by atoms with Gasteiger partial charge in [-0.2, -0.15) is 0 Å². The van der Waals surface area contributed by atoms with E-state index in [-0.39, 0.29) is 0 Å². The minimum atomic E-state index is 1.22. The third kappa shape index (κ3) is 1.74. The van der Waals surface area contributed by atoms with Crippen LogP contribution in [0.25, 0.3) is 5.57 Å². The summed E-state index contributed by atoms with van der Waals surface area (Å²) >= 11 is 3.86. The van der Waals surface area contributed by atoms with Crippen molar-refractivity contribution in [1.29, 1.82) is 0 Å². The summed E-state index contributed by atoms with van der Waals surface area (Å²) in [5, 5.41) is 2.24. The highest BCUT2D eigenvalue weighted by Crippen LogP contribution is 2.44. The Morgan fingerprint density at radius 3 is 2.95 bits per heavy atom. The average molecular weight is 283 g/mol. The molecule has 0 N–H and O–H groups in total. The second-order valence-electron chi connectivity index (χ2n) is 5.14. The topological polar surface area (TPSA) is 0 Å². The first kappa shape index (κ1) is 11.6. The van der Waals surface area contributed by atoms with Crippen LogP contribution in [0.2, 0.25) is 0 Å². The quantitative estimate of drug-likeness (QED) is 0.404. The van der Waals surface area contributed by atoms with Crippen molar-refractivity contribution in [3.63, 3.8) is 0 Å². The van der Waals surface area contributed by atoms with Gasteiger partial charge in [0.15, 0.2) is 0 Å². The average Bonchev–Trinajstić information content (AvgIpc) is 3.07. The summed E-state index contributed by atoms with van der Waals surface area (Å²) in [5.41, 5.74) is 6.38. The van der Waals surface area contributed by atoms with Crippen LogP contribution in [0.15, 0.2) is 52.3 Å². The van der Waals surface area contributed by atoms with E-state index in [0.717, 1.165) is 0 Å². The molecule has 1 aliphatic heterocycles. The molecule has 0 spiro atoms. The molecule has 4 rings (SSSR count). The van der Waals surface area contributed by atoms with Crippen molar-refractivity contribution in [3.8, 4) is 0 Å². The largest absolute Gasteiger partial charge is 0.238 e. The SMILES string of the molecule is C=C/C=C1\C=C2CC/C(=C3\CCc4ccsc43)C2=[S+]1. The smallest absolute Gasteiger partial charge is 0.144 e. The predicted molar refractivity (Wildman–Crippen MR) is 87.5 cm³/mol. The van der Waals surface area contributed by atoms with Crippen LogP contribution in [0, 0.1) is 0 Å². The lowest BCUT2D eigenvalue weighted by atomic mass is 10.1. The van der Waals surface area contributed by atoms with E-state index in [1.54, 1.807) is 32.0 Å². The van der Waals surface area contributed by atoms with Crippen molar-refractivity contribution in [2.24, 2.45) is 0 Å². The van der Waals surface area contributed by atoms with E-state index in [0.29, 0.717) is 0 Å². The summed E-state index contributed by atoms with van der Waals surface area (Å²) in [6.07, 6.45) is 11.3. The molecular formula is C17H15S2+.